The molecule has 0 aliphatic carbocycles. The molecule has 0 aliphatic heterocycles. The maximum absolute atomic E-state index is 0. The Morgan fingerprint density at radius 1 is 1.00 bits per heavy atom. The molecular weight excluding hydrogens is 250 g/mol. The average molecular weight is 250 g/mol. The van der Waals surface area contributed by atoms with Crippen molar-refractivity contribution < 1.29 is 72.9 Å². The topological polar surface area (TPSA) is 0 Å². The first-order chi connectivity index (χ1) is 0. The Labute approximate surface area is 82.9 Å². The molecule has 0 bridgehead atoms. The summed E-state index contributed by atoms with van der Waals surface area (Å²) in [4.78, 5) is 0. The van der Waals surface area contributed by atoms with Gasteiger partial charge in [-0.05, 0) is 0 Å². The molecule has 0 aromatic carbocycles. The van der Waals surface area contributed by atoms with Crippen LogP contribution in [0.3, 0.4) is 0 Å². The van der Waals surface area contributed by atoms with Crippen molar-refractivity contribution in [3.05, 3.63) is 0 Å². The van der Waals surface area contributed by atoms with Gasteiger partial charge in [-0.3, -0.25) is 0 Å². The Morgan fingerprint density at radius 2 is 1.00 bits per heavy atom. The Morgan fingerprint density at radius 3 is 1.00 bits per heavy atom. The number of hydrogen-bond acceptors (Lipinski definition) is 0. The molecule has 5 heavy (non-hydrogen) atoms. The Balaban J connectivity index is 0. The predicted octanol–water partition coefficient (Wildman–Crippen LogP) is -0.391. The molecule has 0 nitrogen and oxygen atoms in total. The Hall–Kier alpha value is 2.49. The smallest absolute Gasteiger partial charge is 0 e. The van der Waals surface area contributed by atoms with E-state index in [9.17, 15) is 0 Å². The normalized spacial score (nSPS) is 0. The maximum atomic E-state index is 0. The standard InChI is InChI=1S/Cu.Fe.Mn.Si.Ti. The van der Waals surface area contributed by atoms with E-state index in [1.807, 2.05) is 0 Å². The third-order valence-corrected chi connectivity index (χ3v) is 0. The van der Waals surface area contributed by atoms with Gasteiger partial charge in [0.05, 0.1) is 0 Å². The molecular formula is CuFeMnSiTi. The maximum Gasteiger partial charge on any atom is 0 e. The van der Waals surface area contributed by atoms with E-state index in [1.165, 1.54) is 0 Å². The fourth-order valence-electron chi connectivity index (χ4n) is 0. The van der Waals surface area contributed by atoms with Crippen LogP contribution in [-0.4, -0.2) is 11.0 Å². The summed E-state index contributed by atoms with van der Waals surface area (Å²) in [5.74, 6) is 0. The molecule has 0 aromatic heterocycles. The van der Waals surface area contributed by atoms with Crippen molar-refractivity contribution in [3.63, 3.8) is 0 Å². The zero-order valence-corrected chi connectivity index (χ0v) is 7.82. The first-order valence-corrected chi connectivity index (χ1v) is 0. The quantitative estimate of drug-likeness (QED) is 0.514. The Kier molecular flexibility index (Phi) is 321. The molecule has 0 saturated heterocycles. The van der Waals surface area contributed by atoms with Gasteiger partial charge >= 0.3 is 0 Å². The molecule has 0 N–H and O–H groups in total. The predicted molar refractivity (Wildman–Crippen MR) is 5.75 cm³/mol. The first kappa shape index (κ1) is 50.9. The average Bonchev–Trinajstić information content (AvgIpc) is 0. The van der Waals surface area contributed by atoms with E-state index in [0.29, 0.717) is 0 Å². The molecule has 6 radical (unpaired) electrons. The first-order valence-electron chi connectivity index (χ1n) is 0. The third-order valence-electron chi connectivity index (χ3n) is 0. The van der Waals surface area contributed by atoms with E-state index in [2.05, 4.69) is 0 Å². The van der Waals surface area contributed by atoms with Crippen LogP contribution >= 0.6 is 0 Å². The molecule has 0 unspecified atom stereocenters. The summed E-state index contributed by atoms with van der Waals surface area (Å²) < 4.78 is 0. The fourth-order valence-corrected chi connectivity index (χ4v) is 0. The largest absolute Gasteiger partial charge is 0 e. The van der Waals surface area contributed by atoms with Crippen LogP contribution in [0.4, 0.5) is 0 Å². The fraction of sp³-hybridized carbons (Fsp3) is 0. The Bertz CT molecular complexity index is 11.6. The van der Waals surface area contributed by atoms with Gasteiger partial charge in [-0.25, -0.2) is 0 Å². The summed E-state index contributed by atoms with van der Waals surface area (Å²) >= 11 is 0. The molecule has 5 heteroatoms. The van der Waals surface area contributed by atoms with Gasteiger partial charge in [0.15, 0.2) is 0 Å². The van der Waals surface area contributed by atoms with Crippen molar-refractivity contribution in [3.8, 4) is 0 Å². The van der Waals surface area contributed by atoms with Gasteiger partial charge in [-0.15, -0.1) is 0 Å². The molecule has 0 aromatic rings. The number of rotatable bonds is 0. The zero-order valence-electron chi connectivity index (χ0n) is 2.03. The molecule has 0 saturated carbocycles. The van der Waals surface area contributed by atoms with Crippen LogP contribution < -0.4 is 0 Å². The van der Waals surface area contributed by atoms with E-state index < -0.39 is 0 Å². The van der Waals surface area contributed by atoms with Gasteiger partial charge in [-0.1, -0.05) is 0 Å². The minimum Gasteiger partial charge on any atom is 0 e. The van der Waals surface area contributed by atoms with Crippen molar-refractivity contribution >= 4 is 11.0 Å². The summed E-state index contributed by atoms with van der Waals surface area (Å²) in [7, 11) is 0. The SMILES string of the molecule is [Cu].[Fe].[Mn].[Si].[Ti]. The summed E-state index contributed by atoms with van der Waals surface area (Å²) in [6, 6.07) is 0. The van der Waals surface area contributed by atoms with E-state index >= 15 is 0 Å². The molecule has 0 spiro atoms. The second-order valence-corrected chi connectivity index (χ2v) is 0. The van der Waals surface area contributed by atoms with Crippen molar-refractivity contribution in [2.24, 2.45) is 0 Å². The van der Waals surface area contributed by atoms with E-state index in [-0.39, 0.29) is 83.9 Å². The van der Waals surface area contributed by atoms with Gasteiger partial charge in [-0.2, -0.15) is 0 Å². The molecule has 0 atom stereocenters. The van der Waals surface area contributed by atoms with E-state index in [4.69, 9.17) is 0 Å². The summed E-state index contributed by atoms with van der Waals surface area (Å²) in [6.45, 7) is 0. The van der Waals surface area contributed by atoms with Gasteiger partial charge in [0.25, 0.3) is 0 Å². The van der Waals surface area contributed by atoms with Crippen LogP contribution in [-0.2, 0) is 72.9 Å². The van der Waals surface area contributed by atoms with Crippen LogP contribution in [0.2, 0.25) is 0 Å². The summed E-state index contributed by atoms with van der Waals surface area (Å²) in [5, 5.41) is 0. The van der Waals surface area contributed by atoms with Crippen LogP contribution in [0.25, 0.3) is 0 Å². The molecule has 0 amide bonds. The van der Waals surface area contributed by atoms with Crippen LogP contribution in [0.1, 0.15) is 0 Å². The van der Waals surface area contributed by atoms with Crippen LogP contribution in [0.5, 0.6) is 0 Å². The molecule has 0 rings (SSSR count). The van der Waals surface area contributed by atoms with Crippen molar-refractivity contribution in [1.82, 2.24) is 0 Å². The van der Waals surface area contributed by atoms with Gasteiger partial charge in [0.1, 0.15) is 0 Å². The van der Waals surface area contributed by atoms with Crippen LogP contribution in [0, 0.1) is 0 Å². The molecule has 34 valence electrons. The van der Waals surface area contributed by atoms with Gasteiger partial charge < -0.3 is 0 Å². The monoisotopic (exact) mass is 250 g/mol. The van der Waals surface area contributed by atoms with Crippen LogP contribution in [0.15, 0.2) is 0 Å². The minimum atomic E-state index is 0. The minimum absolute atomic E-state index is 0. The number of hydrogen-bond donors (Lipinski definition) is 0. The third kappa shape index (κ3) is 21.1. The molecule has 0 aliphatic rings. The van der Waals surface area contributed by atoms with Crippen molar-refractivity contribution in [1.29, 1.82) is 0 Å². The van der Waals surface area contributed by atoms with E-state index in [0.717, 1.165) is 0 Å². The summed E-state index contributed by atoms with van der Waals surface area (Å²) in [6.07, 6.45) is 0. The zero-order chi connectivity index (χ0) is 0. The van der Waals surface area contributed by atoms with Crippen molar-refractivity contribution in [2.75, 3.05) is 0 Å². The second-order valence-electron chi connectivity index (χ2n) is 0. The second kappa shape index (κ2) is 31.6. The molecule has 0 heterocycles. The van der Waals surface area contributed by atoms with Crippen molar-refractivity contribution in [2.45, 2.75) is 0 Å². The van der Waals surface area contributed by atoms with E-state index in [1.54, 1.807) is 0 Å². The molecule has 0 fully saturated rings. The van der Waals surface area contributed by atoms with Gasteiger partial charge in [0.2, 0.25) is 0 Å². The summed E-state index contributed by atoms with van der Waals surface area (Å²) in [5.41, 5.74) is 0. The van der Waals surface area contributed by atoms with Gasteiger partial charge in [0, 0.05) is 83.9 Å².